The molecule has 0 spiro atoms. The molecule has 2 nitrogen and oxygen atoms in total. The Labute approximate surface area is 164 Å². The fraction of sp³-hybridized carbons (Fsp3) is 0.680. The van der Waals surface area contributed by atoms with Gasteiger partial charge in [-0.25, -0.2) is 0 Å². The van der Waals surface area contributed by atoms with E-state index >= 15 is 0 Å². The first-order valence-electron chi connectivity index (χ1n) is 11.0. The zero-order valence-corrected chi connectivity index (χ0v) is 17.6. The van der Waals surface area contributed by atoms with Crippen molar-refractivity contribution in [2.24, 2.45) is 11.3 Å². The van der Waals surface area contributed by atoms with Gasteiger partial charge < -0.3 is 10.2 Å². The monoisotopic (exact) mass is 368 g/mol. The third-order valence-corrected chi connectivity index (χ3v) is 8.07. The van der Waals surface area contributed by atoms with Crippen LogP contribution in [0.4, 0.5) is 0 Å². The molecule has 3 aliphatic rings. The standard InChI is InChI=1S/C25H36O2/c1-16(2)6-5-11-25-13-12-24(4)20-9-10-23(27)17(3)19(20)7-8-21(24)22(25)14-18(26)15-25/h9-10,16,18,26-27H,5-8,11-15H2,1-4H3/t18-,24-,25?/m1/s1. The minimum atomic E-state index is -0.156. The molecule has 27 heavy (non-hydrogen) atoms. The number of aliphatic hydroxyl groups excluding tert-OH is 1. The first kappa shape index (κ1) is 19.1. The molecule has 0 radical (unpaired) electrons. The molecule has 3 atom stereocenters. The number of hydrogen-bond acceptors (Lipinski definition) is 2. The maximum Gasteiger partial charge on any atom is 0.118 e. The lowest BCUT2D eigenvalue weighted by molar-refractivity contribution is 0.142. The van der Waals surface area contributed by atoms with Crippen molar-refractivity contribution in [3.63, 3.8) is 0 Å². The van der Waals surface area contributed by atoms with Crippen molar-refractivity contribution in [3.05, 3.63) is 40.0 Å². The SMILES string of the molecule is Cc1c(O)ccc2c1CCC1=C3C[C@@H](O)CC3(CCCC(C)C)CC[C@@]12C. The number of phenolic OH excluding ortho intramolecular Hbond substituents is 1. The highest BCUT2D eigenvalue weighted by molar-refractivity contribution is 5.55. The van der Waals surface area contributed by atoms with E-state index in [0.29, 0.717) is 5.75 Å². The number of fused-ring (bicyclic) bond motifs is 4. The van der Waals surface area contributed by atoms with Crippen molar-refractivity contribution >= 4 is 0 Å². The Bertz CT molecular complexity index is 775. The highest BCUT2D eigenvalue weighted by Gasteiger charge is 2.52. The van der Waals surface area contributed by atoms with Crippen molar-refractivity contribution < 1.29 is 10.2 Å². The molecule has 4 rings (SSSR count). The van der Waals surface area contributed by atoms with Crippen LogP contribution in [-0.4, -0.2) is 16.3 Å². The Kier molecular flexibility index (Phi) is 4.70. The van der Waals surface area contributed by atoms with Crippen LogP contribution in [0.5, 0.6) is 5.75 Å². The summed E-state index contributed by atoms with van der Waals surface area (Å²) in [6.45, 7) is 9.11. The summed E-state index contributed by atoms with van der Waals surface area (Å²) in [5, 5.41) is 20.8. The lowest BCUT2D eigenvalue weighted by Crippen LogP contribution is -2.39. The van der Waals surface area contributed by atoms with Gasteiger partial charge in [0.2, 0.25) is 0 Å². The van der Waals surface area contributed by atoms with Crippen molar-refractivity contribution in [3.8, 4) is 5.75 Å². The number of aliphatic hydroxyl groups is 1. The van der Waals surface area contributed by atoms with Gasteiger partial charge in [-0.2, -0.15) is 0 Å². The number of phenols is 1. The van der Waals surface area contributed by atoms with Gasteiger partial charge in [-0.3, -0.25) is 0 Å². The van der Waals surface area contributed by atoms with Crippen LogP contribution in [-0.2, 0) is 11.8 Å². The van der Waals surface area contributed by atoms with Crippen LogP contribution in [0.15, 0.2) is 23.3 Å². The second-order valence-corrected chi connectivity index (χ2v) is 10.2. The average molecular weight is 369 g/mol. The summed E-state index contributed by atoms with van der Waals surface area (Å²) in [5.74, 6) is 1.19. The smallest absolute Gasteiger partial charge is 0.118 e. The van der Waals surface area contributed by atoms with Gasteiger partial charge in [-0.1, -0.05) is 50.8 Å². The Morgan fingerprint density at radius 1 is 1.15 bits per heavy atom. The Morgan fingerprint density at radius 2 is 1.93 bits per heavy atom. The normalized spacial score (nSPS) is 32.4. The summed E-state index contributed by atoms with van der Waals surface area (Å²) in [4.78, 5) is 0. The van der Waals surface area contributed by atoms with Crippen LogP contribution in [0, 0.1) is 18.3 Å². The van der Waals surface area contributed by atoms with Crippen molar-refractivity contribution in [1.29, 1.82) is 0 Å². The highest BCUT2D eigenvalue weighted by atomic mass is 16.3. The number of aromatic hydroxyl groups is 1. The zero-order valence-electron chi connectivity index (χ0n) is 17.6. The molecule has 1 fully saturated rings. The van der Waals surface area contributed by atoms with E-state index < -0.39 is 0 Å². The van der Waals surface area contributed by atoms with E-state index in [9.17, 15) is 10.2 Å². The van der Waals surface area contributed by atoms with Gasteiger partial charge >= 0.3 is 0 Å². The molecular formula is C25H36O2. The zero-order chi connectivity index (χ0) is 19.4. The molecule has 0 bridgehead atoms. The van der Waals surface area contributed by atoms with Gasteiger partial charge in [-0.15, -0.1) is 0 Å². The number of hydrogen-bond donors (Lipinski definition) is 2. The second kappa shape index (κ2) is 6.65. The van der Waals surface area contributed by atoms with E-state index in [1.165, 1.54) is 43.2 Å². The second-order valence-electron chi connectivity index (χ2n) is 10.2. The lowest BCUT2D eigenvalue weighted by Gasteiger charge is -2.49. The summed E-state index contributed by atoms with van der Waals surface area (Å²) >= 11 is 0. The highest BCUT2D eigenvalue weighted by Crippen LogP contribution is 2.62. The van der Waals surface area contributed by atoms with Gasteiger partial charge in [0.15, 0.2) is 0 Å². The summed E-state index contributed by atoms with van der Waals surface area (Å²) in [5.41, 5.74) is 7.46. The van der Waals surface area contributed by atoms with E-state index in [2.05, 4.69) is 33.8 Å². The summed E-state index contributed by atoms with van der Waals surface area (Å²) in [6.07, 6.45) is 10.0. The summed E-state index contributed by atoms with van der Waals surface area (Å²) in [6, 6.07) is 4.07. The van der Waals surface area contributed by atoms with Gasteiger partial charge in [-0.05, 0) is 86.0 Å². The molecule has 0 saturated heterocycles. The first-order chi connectivity index (χ1) is 12.8. The van der Waals surface area contributed by atoms with Gasteiger partial charge in [0.05, 0.1) is 6.10 Å². The third-order valence-electron chi connectivity index (χ3n) is 8.07. The predicted molar refractivity (Wildman–Crippen MR) is 111 cm³/mol. The molecule has 1 aromatic rings. The van der Waals surface area contributed by atoms with Crippen molar-refractivity contribution in [2.75, 3.05) is 0 Å². The Hall–Kier alpha value is -1.28. The molecule has 1 saturated carbocycles. The van der Waals surface area contributed by atoms with E-state index in [1.807, 2.05) is 6.07 Å². The molecule has 0 amide bonds. The van der Waals surface area contributed by atoms with E-state index in [-0.39, 0.29) is 16.9 Å². The topological polar surface area (TPSA) is 40.5 Å². The third kappa shape index (κ3) is 2.95. The molecule has 2 heteroatoms. The van der Waals surface area contributed by atoms with Crippen molar-refractivity contribution in [2.45, 2.75) is 97.0 Å². The molecule has 0 heterocycles. The van der Waals surface area contributed by atoms with Crippen LogP contribution >= 0.6 is 0 Å². The molecule has 1 aromatic carbocycles. The van der Waals surface area contributed by atoms with Crippen LogP contribution < -0.4 is 0 Å². The number of benzene rings is 1. The molecule has 2 N–H and O–H groups in total. The molecular weight excluding hydrogens is 332 g/mol. The average Bonchev–Trinajstić information content (AvgIpc) is 2.94. The van der Waals surface area contributed by atoms with Gasteiger partial charge in [0, 0.05) is 5.41 Å². The molecule has 0 aliphatic heterocycles. The van der Waals surface area contributed by atoms with Gasteiger partial charge in [0.1, 0.15) is 5.75 Å². The Morgan fingerprint density at radius 3 is 2.67 bits per heavy atom. The van der Waals surface area contributed by atoms with Crippen LogP contribution in [0.1, 0.15) is 88.8 Å². The predicted octanol–water partition coefficient (Wildman–Crippen LogP) is 5.96. The molecule has 3 aliphatic carbocycles. The minimum Gasteiger partial charge on any atom is -0.508 e. The van der Waals surface area contributed by atoms with E-state index in [1.54, 1.807) is 11.1 Å². The fourth-order valence-electron chi connectivity index (χ4n) is 6.55. The van der Waals surface area contributed by atoms with Crippen molar-refractivity contribution in [1.82, 2.24) is 0 Å². The Balaban J connectivity index is 1.76. The van der Waals surface area contributed by atoms with E-state index in [4.69, 9.17) is 0 Å². The van der Waals surface area contributed by atoms with Crippen LogP contribution in [0.3, 0.4) is 0 Å². The largest absolute Gasteiger partial charge is 0.508 e. The first-order valence-corrected chi connectivity index (χ1v) is 11.0. The van der Waals surface area contributed by atoms with Crippen LogP contribution in [0.25, 0.3) is 0 Å². The molecule has 0 aromatic heterocycles. The van der Waals surface area contributed by atoms with Gasteiger partial charge in [0.25, 0.3) is 0 Å². The quantitative estimate of drug-likeness (QED) is 0.644. The fourth-order valence-corrected chi connectivity index (χ4v) is 6.55. The summed E-state index contributed by atoms with van der Waals surface area (Å²) in [7, 11) is 0. The number of rotatable bonds is 4. The van der Waals surface area contributed by atoms with Crippen LogP contribution in [0.2, 0.25) is 0 Å². The number of allylic oxidation sites excluding steroid dienone is 1. The summed E-state index contributed by atoms with van der Waals surface area (Å²) < 4.78 is 0. The maximum atomic E-state index is 10.6. The minimum absolute atomic E-state index is 0.0903. The maximum absolute atomic E-state index is 10.6. The molecule has 1 unspecified atom stereocenters. The lowest BCUT2D eigenvalue weighted by atomic mass is 9.55. The van der Waals surface area contributed by atoms with E-state index in [0.717, 1.165) is 37.2 Å². The molecule has 148 valence electrons.